The lowest BCUT2D eigenvalue weighted by Crippen LogP contribution is -2.49. The zero-order chi connectivity index (χ0) is 13.0. The maximum atomic E-state index is 5.29. The fraction of sp³-hybridized carbons (Fsp3) is 0.462. The predicted octanol–water partition coefficient (Wildman–Crippen LogP) is 1.84. The van der Waals surface area contributed by atoms with Gasteiger partial charge < -0.3 is 10.1 Å². The summed E-state index contributed by atoms with van der Waals surface area (Å²) in [5, 5.41) is 5.89. The van der Waals surface area contributed by atoms with Gasteiger partial charge in [0.05, 0.1) is 13.2 Å². The van der Waals surface area contributed by atoms with Crippen molar-refractivity contribution in [3.05, 3.63) is 29.3 Å². The summed E-state index contributed by atoms with van der Waals surface area (Å²) in [6, 6.07) is 6.23. The molecular formula is C13H19N3OS. The van der Waals surface area contributed by atoms with Crippen LogP contribution in [0.25, 0.3) is 0 Å². The van der Waals surface area contributed by atoms with Crippen molar-refractivity contribution in [1.82, 2.24) is 10.4 Å². The summed E-state index contributed by atoms with van der Waals surface area (Å²) >= 11 is 5.29. The molecule has 0 aliphatic carbocycles. The second-order valence-electron chi connectivity index (χ2n) is 4.46. The molecule has 1 aromatic rings. The number of rotatable bonds is 2. The van der Waals surface area contributed by atoms with E-state index in [9.17, 15) is 0 Å². The molecule has 5 heteroatoms. The molecule has 0 aromatic heterocycles. The Bertz CT molecular complexity index is 430. The standard InChI is InChI=1S/C13H19N3OS/c1-10-3-4-12(9-11(10)2)14-13(18)15-16-5-7-17-8-6-16/h3-4,9H,5-8H2,1-2H3,(H2,14,15,18). The maximum Gasteiger partial charge on any atom is 0.185 e. The highest BCUT2D eigenvalue weighted by Crippen LogP contribution is 2.13. The van der Waals surface area contributed by atoms with Crippen LogP contribution in [0.1, 0.15) is 11.1 Å². The molecule has 1 fully saturated rings. The van der Waals surface area contributed by atoms with Gasteiger partial charge in [-0.05, 0) is 49.3 Å². The molecule has 18 heavy (non-hydrogen) atoms. The molecule has 0 atom stereocenters. The van der Waals surface area contributed by atoms with Gasteiger partial charge >= 0.3 is 0 Å². The lowest BCUT2D eigenvalue weighted by atomic mass is 10.1. The van der Waals surface area contributed by atoms with Crippen molar-refractivity contribution in [1.29, 1.82) is 0 Å². The molecule has 98 valence electrons. The first kappa shape index (κ1) is 13.3. The minimum atomic E-state index is 0.625. The number of aryl methyl sites for hydroxylation is 2. The second-order valence-corrected chi connectivity index (χ2v) is 4.87. The van der Waals surface area contributed by atoms with Gasteiger partial charge in [-0.15, -0.1) is 0 Å². The quantitative estimate of drug-likeness (QED) is 0.798. The minimum absolute atomic E-state index is 0.625. The first-order chi connectivity index (χ1) is 8.65. The minimum Gasteiger partial charge on any atom is -0.379 e. The number of benzene rings is 1. The van der Waals surface area contributed by atoms with Crippen molar-refractivity contribution in [2.24, 2.45) is 0 Å². The highest BCUT2D eigenvalue weighted by atomic mass is 32.1. The number of hydrogen-bond acceptors (Lipinski definition) is 3. The van der Waals surface area contributed by atoms with Crippen LogP contribution in [-0.4, -0.2) is 36.4 Å². The number of nitrogens with zero attached hydrogens (tertiary/aromatic N) is 1. The zero-order valence-corrected chi connectivity index (χ0v) is 11.6. The van der Waals surface area contributed by atoms with Crippen LogP contribution in [0, 0.1) is 13.8 Å². The number of morpholine rings is 1. The van der Waals surface area contributed by atoms with Crippen molar-refractivity contribution in [2.45, 2.75) is 13.8 Å². The van der Waals surface area contributed by atoms with Crippen molar-refractivity contribution >= 4 is 23.0 Å². The van der Waals surface area contributed by atoms with Gasteiger partial charge in [0.15, 0.2) is 5.11 Å². The highest BCUT2D eigenvalue weighted by molar-refractivity contribution is 7.80. The number of anilines is 1. The van der Waals surface area contributed by atoms with Gasteiger partial charge in [0.25, 0.3) is 0 Å². The summed E-state index contributed by atoms with van der Waals surface area (Å²) < 4.78 is 5.28. The second kappa shape index (κ2) is 6.13. The van der Waals surface area contributed by atoms with E-state index in [2.05, 4.69) is 41.7 Å². The average molecular weight is 265 g/mol. The smallest absolute Gasteiger partial charge is 0.185 e. The Kier molecular flexibility index (Phi) is 4.52. The van der Waals surface area contributed by atoms with Crippen molar-refractivity contribution in [3.8, 4) is 0 Å². The van der Waals surface area contributed by atoms with E-state index in [-0.39, 0.29) is 0 Å². The number of thiocarbonyl (C=S) groups is 1. The number of hydrazine groups is 1. The third kappa shape index (κ3) is 3.66. The van der Waals surface area contributed by atoms with Crippen LogP contribution >= 0.6 is 12.2 Å². The van der Waals surface area contributed by atoms with Gasteiger partial charge in [-0.3, -0.25) is 5.43 Å². The van der Waals surface area contributed by atoms with Crippen LogP contribution < -0.4 is 10.7 Å². The summed E-state index contributed by atoms with van der Waals surface area (Å²) in [7, 11) is 0. The van der Waals surface area contributed by atoms with Gasteiger partial charge in [-0.1, -0.05) is 6.07 Å². The van der Waals surface area contributed by atoms with Gasteiger partial charge in [0.1, 0.15) is 0 Å². The predicted molar refractivity (Wildman–Crippen MR) is 77.7 cm³/mol. The Morgan fingerprint density at radius 3 is 2.61 bits per heavy atom. The number of nitrogens with one attached hydrogen (secondary N) is 2. The van der Waals surface area contributed by atoms with Gasteiger partial charge in [-0.2, -0.15) is 0 Å². The molecule has 1 heterocycles. The number of hydrogen-bond donors (Lipinski definition) is 2. The zero-order valence-electron chi connectivity index (χ0n) is 10.8. The molecule has 1 saturated heterocycles. The van der Waals surface area contributed by atoms with E-state index in [0.29, 0.717) is 5.11 Å². The Labute approximate surface area is 113 Å². The Morgan fingerprint density at radius 1 is 1.22 bits per heavy atom. The lowest BCUT2D eigenvalue weighted by Gasteiger charge is -2.28. The molecule has 0 spiro atoms. The van der Waals surface area contributed by atoms with Crippen molar-refractivity contribution < 1.29 is 4.74 Å². The van der Waals surface area contributed by atoms with Crippen LogP contribution in [0.5, 0.6) is 0 Å². The molecule has 0 bridgehead atoms. The highest BCUT2D eigenvalue weighted by Gasteiger charge is 2.11. The summed E-state index contributed by atoms with van der Waals surface area (Å²) in [4.78, 5) is 0. The third-order valence-electron chi connectivity index (χ3n) is 3.04. The largest absolute Gasteiger partial charge is 0.379 e. The normalized spacial score (nSPS) is 16.3. The van der Waals surface area contributed by atoms with E-state index < -0.39 is 0 Å². The molecule has 4 nitrogen and oxygen atoms in total. The summed E-state index contributed by atoms with van der Waals surface area (Å²) in [6.07, 6.45) is 0. The maximum absolute atomic E-state index is 5.29. The van der Waals surface area contributed by atoms with E-state index in [0.717, 1.165) is 32.0 Å². The van der Waals surface area contributed by atoms with E-state index in [1.165, 1.54) is 11.1 Å². The van der Waals surface area contributed by atoms with Gasteiger partial charge in [0.2, 0.25) is 0 Å². The van der Waals surface area contributed by atoms with Crippen LogP contribution in [0.3, 0.4) is 0 Å². The van der Waals surface area contributed by atoms with Gasteiger partial charge in [0, 0.05) is 18.8 Å². The van der Waals surface area contributed by atoms with Crippen molar-refractivity contribution in [2.75, 3.05) is 31.6 Å². The Morgan fingerprint density at radius 2 is 1.94 bits per heavy atom. The Hall–Kier alpha value is -1.17. The first-order valence-electron chi connectivity index (χ1n) is 6.13. The molecule has 2 rings (SSSR count). The molecule has 1 aliphatic rings. The Balaban J connectivity index is 1.88. The molecule has 0 radical (unpaired) electrons. The molecule has 1 aliphatic heterocycles. The summed E-state index contributed by atoms with van der Waals surface area (Å²) in [5.74, 6) is 0. The molecule has 2 N–H and O–H groups in total. The van der Waals surface area contributed by atoms with Gasteiger partial charge in [-0.25, -0.2) is 5.01 Å². The first-order valence-corrected chi connectivity index (χ1v) is 6.53. The van der Waals surface area contributed by atoms with Crippen LogP contribution in [0.4, 0.5) is 5.69 Å². The molecular weight excluding hydrogens is 246 g/mol. The van der Waals surface area contributed by atoms with Crippen LogP contribution in [0.2, 0.25) is 0 Å². The summed E-state index contributed by atoms with van der Waals surface area (Å²) in [6.45, 7) is 7.41. The monoisotopic (exact) mass is 265 g/mol. The molecule has 0 amide bonds. The van der Waals surface area contributed by atoms with E-state index in [1.807, 2.05) is 6.07 Å². The molecule has 0 saturated carbocycles. The number of ether oxygens (including phenoxy) is 1. The third-order valence-corrected chi connectivity index (χ3v) is 3.23. The summed E-state index contributed by atoms with van der Waals surface area (Å²) in [5.41, 5.74) is 6.74. The average Bonchev–Trinajstić information content (AvgIpc) is 2.35. The van der Waals surface area contributed by atoms with Crippen LogP contribution in [-0.2, 0) is 4.74 Å². The van der Waals surface area contributed by atoms with E-state index >= 15 is 0 Å². The SMILES string of the molecule is Cc1ccc(NC(=S)NN2CCOCC2)cc1C. The van der Waals surface area contributed by atoms with Crippen LogP contribution in [0.15, 0.2) is 18.2 Å². The fourth-order valence-corrected chi connectivity index (χ4v) is 2.04. The van der Waals surface area contributed by atoms with Crippen molar-refractivity contribution in [3.63, 3.8) is 0 Å². The van der Waals surface area contributed by atoms with E-state index in [1.54, 1.807) is 0 Å². The fourth-order valence-electron chi connectivity index (χ4n) is 1.80. The molecule has 1 aromatic carbocycles. The molecule has 0 unspecified atom stereocenters. The lowest BCUT2D eigenvalue weighted by molar-refractivity contribution is 0.0252. The van der Waals surface area contributed by atoms with E-state index in [4.69, 9.17) is 17.0 Å². The topological polar surface area (TPSA) is 36.5 Å².